The lowest BCUT2D eigenvalue weighted by Crippen LogP contribution is -2.50. The topological polar surface area (TPSA) is 54.9 Å². The normalized spacial score (nSPS) is 20.3. The highest BCUT2D eigenvalue weighted by Crippen LogP contribution is 2.34. The molecule has 0 atom stereocenters. The Hall–Kier alpha value is -2.00. The van der Waals surface area contributed by atoms with E-state index in [1.54, 1.807) is 18.2 Å². The van der Waals surface area contributed by atoms with Crippen LogP contribution in [0.15, 0.2) is 35.2 Å². The molecule has 1 amide bonds. The molecular weight excluding hydrogens is 370 g/mol. The van der Waals surface area contributed by atoms with Crippen molar-refractivity contribution in [2.45, 2.75) is 0 Å². The number of carbonyl (C=O) groups is 1. The molecule has 0 bridgehead atoms. The van der Waals surface area contributed by atoms with Gasteiger partial charge in [0.05, 0.1) is 36.4 Å². The molecule has 1 aromatic heterocycles. The molecule has 0 N–H and O–H groups in total. The number of hydrogen-bond donors (Lipinski definition) is 0. The van der Waals surface area contributed by atoms with Crippen molar-refractivity contribution < 1.29 is 14.3 Å². The molecule has 2 aliphatic heterocycles. The number of nitrogens with zero attached hydrogens (tertiary/aromatic N) is 3. The van der Waals surface area contributed by atoms with E-state index in [9.17, 15) is 4.79 Å². The van der Waals surface area contributed by atoms with Crippen LogP contribution in [-0.2, 0) is 9.53 Å². The summed E-state index contributed by atoms with van der Waals surface area (Å²) in [6, 6.07) is 9.58. The number of methoxy groups -OCH3 is 1. The van der Waals surface area contributed by atoms with Gasteiger partial charge < -0.3 is 9.47 Å². The third kappa shape index (κ3) is 3.33. The quantitative estimate of drug-likeness (QED) is 0.593. The number of hydrazine groups is 1. The second-order valence-electron chi connectivity index (χ2n) is 5.85. The number of aromatic nitrogens is 1. The first kappa shape index (κ1) is 17.4. The number of ether oxygens (including phenoxy) is 2. The van der Waals surface area contributed by atoms with E-state index in [0.717, 1.165) is 22.3 Å². The Morgan fingerprint density at radius 3 is 2.85 bits per heavy atom. The van der Waals surface area contributed by atoms with Gasteiger partial charge in [-0.3, -0.25) is 4.79 Å². The van der Waals surface area contributed by atoms with Crippen molar-refractivity contribution >= 4 is 51.2 Å². The summed E-state index contributed by atoms with van der Waals surface area (Å²) in [6.07, 6.45) is 1.80. The van der Waals surface area contributed by atoms with Gasteiger partial charge >= 0.3 is 0 Å². The Balaban J connectivity index is 1.60. The zero-order valence-electron chi connectivity index (χ0n) is 14.2. The van der Waals surface area contributed by atoms with E-state index in [2.05, 4.69) is 4.98 Å². The monoisotopic (exact) mass is 387 g/mol. The van der Waals surface area contributed by atoms with Crippen LogP contribution in [0.4, 0.5) is 0 Å². The third-order valence-corrected chi connectivity index (χ3v) is 5.52. The van der Waals surface area contributed by atoms with E-state index in [-0.39, 0.29) is 5.91 Å². The van der Waals surface area contributed by atoms with Crippen molar-refractivity contribution in [1.29, 1.82) is 0 Å². The first-order valence-electron chi connectivity index (χ1n) is 8.21. The van der Waals surface area contributed by atoms with E-state index in [1.807, 2.05) is 35.3 Å². The highest BCUT2D eigenvalue weighted by molar-refractivity contribution is 8.26. The number of fused-ring (bicyclic) bond motifs is 1. The summed E-state index contributed by atoms with van der Waals surface area (Å²) in [5, 5.41) is 4.52. The van der Waals surface area contributed by atoms with Crippen molar-refractivity contribution in [2.24, 2.45) is 0 Å². The largest absolute Gasteiger partial charge is 0.497 e. The van der Waals surface area contributed by atoms with E-state index >= 15 is 0 Å². The molecule has 134 valence electrons. The summed E-state index contributed by atoms with van der Waals surface area (Å²) >= 11 is 6.71. The van der Waals surface area contributed by atoms with E-state index in [1.165, 1.54) is 11.8 Å². The van der Waals surface area contributed by atoms with Crippen LogP contribution in [0.25, 0.3) is 17.0 Å². The second kappa shape index (κ2) is 7.32. The van der Waals surface area contributed by atoms with Crippen LogP contribution >= 0.6 is 24.0 Å². The van der Waals surface area contributed by atoms with Crippen LogP contribution in [0, 0.1) is 0 Å². The van der Waals surface area contributed by atoms with Gasteiger partial charge in [0.15, 0.2) is 4.32 Å². The maximum absolute atomic E-state index is 12.8. The van der Waals surface area contributed by atoms with Crippen molar-refractivity contribution in [1.82, 2.24) is 15.0 Å². The third-order valence-electron chi connectivity index (χ3n) is 4.24. The predicted octanol–water partition coefficient (Wildman–Crippen LogP) is 2.69. The molecule has 26 heavy (non-hydrogen) atoms. The Morgan fingerprint density at radius 2 is 2.08 bits per heavy atom. The Labute approximate surface area is 160 Å². The zero-order chi connectivity index (χ0) is 18.1. The molecule has 0 spiro atoms. The van der Waals surface area contributed by atoms with Crippen LogP contribution in [0.2, 0.25) is 0 Å². The number of benzene rings is 1. The average Bonchev–Trinajstić information content (AvgIpc) is 2.95. The number of carbonyl (C=O) groups excluding carboxylic acids is 1. The molecule has 0 saturated carbocycles. The maximum Gasteiger partial charge on any atom is 0.281 e. The van der Waals surface area contributed by atoms with Gasteiger partial charge in [-0.1, -0.05) is 30.0 Å². The molecule has 2 aliphatic rings. The highest BCUT2D eigenvalue weighted by Gasteiger charge is 2.37. The number of pyridine rings is 1. The first-order valence-corrected chi connectivity index (χ1v) is 9.43. The van der Waals surface area contributed by atoms with Crippen LogP contribution in [0.1, 0.15) is 5.69 Å². The standard InChI is InChI=1S/C18H17N3O3S2/c1-23-14-4-5-15-12(10-14)2-3-13(19-15)11-16-17(22)21(18(25)26-16)20-6-8-24-9-7-20/h2-5,10-11H,6-9H2,1H3. The van der Waals surface area contributed by atoms with Gasteiger partial charge in [0.2, 0.25) is 0 Å². The SMILES string of the molecule is COc1ccc2nc(C=C3SC(=S)N(N4CCOCC4)C3=O)ccc2c1. The lowest BCUT2D eigenvalue weighted by molar-refractivity contribution is -0.138. The van der Waals surface area contributed by atoms with E-state index in [0.29, 0.717) is 35.5 Å². The fraction of sp³-hybridized carbons (Fsp3) is 0.278. The fourth-order valence-corrected chi connectivity index (χ4v) is 4.21. The molecule has 2 aromatic rings. The summed E-state index contributed by atoms with van der Waals surface area (Å²) in [4.78, 5) is 18.0. The van der Waals surface area contributed by atoms with Crippen molar-refractivity contribution in [3.63, 3.8) is 0 Å². The Kier molecular flexibility index (Phi) is 4.90. The number of thiocarbonyl (C=S) groups is 1. The molecule has 3 heterocycles. The molecule has 2 fully saturated rings. The number of amides is 1. The van der Waals surface area contributed by atoms with Crippen LogP contribution in [0.5, 0.6) is 5.75 Å². The number of thioether (sulfide) groups is 1. The van der Waals surface area contributed by atoms with Gasteiger partial charge in [0.1, 0.15) is 5.75 Å². The smallest absolute Gasteiger partial charge is 0.281 e. The molecule has 1 aromatic carbocycles. The zero-order valence-corrected chi connectivity index (χ0v) is 15.8. The van der Waals surface area contributed by atoms with Crippen molar-refractivity contribution in [3.8, 4) is 5.75 Å². The molecule has 0 aliphatic carbocycles. The van der Waals surface area contributed by atoms with E-state index in [4.69, 9.17) is 21.7 Å². The van der Waals surface area contributed by atoms with E-state index < -0.39 is 0 Å². The van der Waals surface area contributed by atoms with Crippen LogP contribution < -0.4 is 4.74 Å². The summed E-state index contributed by atoms with van der Waals surface area (Å²) < 4.78 is 11.1. The average molecular weight is 387 g/mol. The van der Waals surface area contributed by atoms with Gasteiger partial charge in [-0.25, -0.2) is 15.0 Å². The minimum Gasteiger partial charge on any atom is -0.497 e. The lowest BCUT2D eigenvalue weighted by Gasteiger charge is -2.33. The second-order valence-corrected chi connectivity index (χ2v) is 7.53. The van der Waals surface area contributed by atoms with Gasteiger partial charge in [-0.05, 0) is 30.3 Å². The molecule has 0 radical (unpaired) electrons. The number of hydrogen-bond acceptors (Lipinski definition) is 7. The Bertz CT molecular complexity index is 910. The van der Waals surface area contributed by atoms with Gasteiger partial charge in [0, 0.05) is 18.5 Å². The predicted molar refractivity (Wildman–Crippen MR) is 106 cm³/mol. The maximum atomic E-state index is 12.8. The van der Waals surface area contributed by atoms with Crippen LogP contribution in [-0.4, -0.2) is 58.6 Å². The Morgan fingerprint density at radius 1 is 1.27 bits per heavy atom. The van der Waals surface area contributed by atoms with Gasteiger partial charge in [-0.2, -0.15) is 0 Å². The van der Waals surface area contributed by atoms with Gasteiger partial charge in [-0.15, -0.1) is 0 Å². The summed E-state index contributed by atoms with van der Waals surface area (Å²) in [7, 11) is 1.64. The summed E-state index contributed by atoms with van der Waals surface area (Å²) in [6.45, 7) is 2.53. The molecule has 4 rings (SSSR count). The van der Waals surface area contributed by atoms with Crippen molar-refractivity contribution in [2.75, 3.05) is 33.4 Å². The fourth-order valence-electron chi connectivity index (χ4n) is 2.92. The van der Waals surface area contributed by atoms with Crippen LogP contribution in [0.3, 0.4) is 0 Å². The number of morpholine rings is 1. The molecular formula is C18H17N3O3S2. The molecule has 2 saturated heterocycles. The molecule has 0 unspecified atom stereocenters. The summed E-state index contributed by atoms with van der Waals surface area (Å²) in [5.41, 5.74) is 1.58. The minimum atomic E-state index is -0.0986. The first-order chi connectivity index (χ1) is 12.7. The number of rotatable bonds is 3. The lowest BCUT2D eigenvalue weighted by atomic mass is 10.2. The summed E-state index contributed by atoms with van der Waals surface area (Å²) in [5.74, 6) is 0.692. The minimum absolute atomic E-state index is 0.0986. The molecule has 8 heteroatoms. The highest BCUT2D eigenvalue weighted by atomic mass is 32.2. The molecule has 6 nitrogen and oxygen atoms in total. The van der Waals surface area contributed by atoms with Gasteiger partial charge in [0.25, 0.3) is 5.91 Å². The van der Waals surface area contributed by atoms with Crippen molar-refractivity contribution in [3.05, 3.63) is 40.9 Å².